The van der Waals surface area contributed by atoms with Crippen molar-refractivity contribution in [1.82, 2.24) is 20.2 Å². The van der Waals surface area contributed by atoms with Crippen molar-refractivity contribution in [3.05, 3.63) is 27.2 Å². The predicted octanol–water partition coefficient (Wildman–Crippen LogP) is 4.87. The van der Waals surface area contributed by atoms with Crippen LogP contribution in [0, 0.1) is 0 Å². The number of thioether (sulfide) groups is 1. The molecule has 0 aliphatic heterocycles. The first-order chi connectivity index (χ1) is 12.0. The van der Waals surface area contributed by atoms with Crippen LogP contribution in [0.4, 0.5) is 5.69 Å². The van der Waals surface area contributed by atoms with E-state index in [1.807, 2.05) is 4.68 Å². The summed E-state index contributed by atoms with van der Waals surface area (Å²) >= 11 is 19.4. The highest BCUT2D eigenvalue weighted by molar-refractivity contribution is 8.00. The van der Waals surface area contributed by atoms with Crippen molar-refractivity contribution in [2.45, 2.75) is 49.1 Å². The van der Waals surface area contributed by atoms with Gasteiger partial charge in [-0.05, 0) is 42.3 Å². The van der Waals surface area contributed by atoms with Crippen molar-refractivity contribution < 1.29 is 4.79 Å². The Kier molecular flexibility index (Phi) is 6.09. The lowest BCUT2D eigenvalue weighted by Gasteiger charge is -2.15. The fourth-order valence-corrected chi connectivity index (χ4v) is 4.51. The monoisotopic (exact) mass is 419 g/mol. The molecule has 2 aromatic rings. The van der Waals surface area contributed by atoms with E-state index < -0.39 is 5.25 Å². The lowest BCUT2D eigenvalue weighted by molar-refractivity contribution is -0.115. The van der Waals surface area contributed by atoms with E-state index in [4.69, 9.17) is 34.8 Å². The summed E-state index contributed by atoms with van der Waals surface area (Å²) in [7, 11) is 0. The van der Waals surface area contributed by atoms with Crippen LogP contribution in [0.2, 0.25) is 15.1 Å². The average molecular weight is 421 g/mol. The molecule has 1 amide bonds. The van der Waals surface area contributed by atoms with Crippen LogP contribution in [0.1, 0.15) is 38.6 Å². The van der Waals surface area contributed by atoms with E-state index in [2.05, 4.69) is 20.8 Å². The quantitative estimate of drug-likeness (QED) is 0.699. The van der Waals surface area contributed by atoms with Crippen LogP contribution < -0.4 is 5.32 Å². The summed E-state index contributed by atoms with van der Waals surface area (Å²) in [4.78, 5) is 12.5. The second-order valence-corrected chi connectivity index (χ2v) is 8.40. The van der Waals surface area contributed by atoms with Gasteiger partial charge in [-0.3, -0.25) is 4.79 Å². The van der Waals surface area contributed by atoms with Crippen LogP contribution in [-0.4, -0.2) is 31.4 Å². The lowest BCUT2D eigenvalue weighted by atomic mass is 10.3. The molecule has 25 heavy (non-hydrogen) atoms. The molecule has 1 saturated carbocycles. The van der Waals surface area contributed by atoms with E-state index in [0.717, 1.165) is 12.8 Å². The molecule has 1 atom stereocenters. The number of anilines is 1. The maximum atomic E-state index is 12.5. The highest BCUT2D eigenvalue weighted by Crippen LogP contribution is 2.35. The van der Waals surface area contributed by atoms with E-state index in [0.29, 0.717) is 32.0 Å². The first-order valence-electron chi connectivity index (χ1n) is 7.85. The molecule has 0 saturated heterocycles. The zero-order valence-corrected chi connectivity index (χ0v) is 16.5. The van der Waals surface area contributed by atoms with Crippen molar-refractivity contribution >= 4 is 58.2 Å². The Labute approximate surface area is 164 Å². The zero-order chi connectivity index (χ0) is 18.0. The normalized spacial score (nSPS) is 16.2. The van der Waals surface area contributed by atoms with Crippen molar-refractivity contribution in [2.75, 3.05) is 5.32 Å². The van der Waals surface area contributed by atoms with Gasteiger partial charge in [0, 0.05) is 5.02 Å². The fraction of sp³-hybridized carbons (Fsp3) is 0.467. The maximum Gasteiger partial charge on any atom is 0.237 e. The summed E-state index contributed by atoms with van der Waals surface area (Å²) < 4.78 is 1.82. The Morgan fingerprint density at radius 1 is 1.28 bits per heavy atom. The second kappa shape index (κ2) is 8.12. The van der Waals surface area contributed by atoms with Crippen LogP contribution in [0.5, 0.6) is 0 Å². The van der Waals surface area contributed by atoms with Crippen molar-refractivity contribution in [1.29, 1.82) is 0 Å². The Balaban J connectivity index is 1.69. The summed E-state index contributed by atoms with van der Waals surface area (Å²) in [5, 5.41) is 15.8. The predicted molar refractivity (Wildman–Crippen MR) is 101 cm³/mol. The van der Waals surface area contributed by atoms with E-state index in [9.17, 15) is 4.79 Å². The van der Waals surface area contributed by atoms with Gasteiger partial charge in [0.05, 0.1) is 27.0 Å². The summed E-state index contributed by atoms with van der Waals surface area (Å²) in [5.41, 5.74) is 0.348. The van der Waals surface area contributed by atoms with Gasteiger partial charge in [0.1, 0.15) is 0 Å². The largest absolute Gasteiger partial charge is 0.323 e. The lowest BCUT2D eigenvalue weighted by Crippen LogP contribution is -2.23. The van der Waals surface area contributed by atoms with E-state index in [1.165, 1.54) is 36.7 Å². The molecule has 1 unspecified atom stereocenters. The Morgan fingerprint density at radius 2 is 1.92 bits per heavy atom. The van der Waals surface area contributed by atoms with Crippen molar-refractivity contribution in [3.8, 4) is 0 Å². The smallest absolute Gasteiger partial charge is 0.237 e. The summed E-state index contributed by atoms with van der Waals surface area (Å²) in [6.07, 6.45) is 4.49. The number of halogens is 3. The molecule has 1 N–H and O–H groups in total. The SMILES string of the molecule is CC(Sc1nnnn1C1CCCC1)C(=O)Nc1c(Cl)cc(Cl)cc1Cl. The molecular formula is C15H16Cl3N5OS. The molecule has 3 rings (SSSR count). The van der Waals surface area contributed by atoms with Crippen LogP contribution in [0.3, 0.4) is 0 Å². The molecular weight excluding hydrogens is 405 g/mol. The molecule has 0 bridgehead atoms. The van der Waals surface area contributed by atoms with E-state index in [-0.39, 0.29) is 5.91 Å². The molecule has 0 radical (unpaired) electrons. The number of rotatable bonds is 5. The van der Waals surface area contributed by atoms with Gasteiger partial charge in [0.2, 0.25) is 11.1 Å². The van der Waals surface area contributed by atoms with Crippen molar-refractivity contribution in [2.24, 2.45) is 0 Å². The van der Waals surface area contributed by atoms with Crippen molar-refractivity contribution in [3.63, 3.8) is 0 Å². The first kappa shape index (κ1) is 18.8. The third-order valence-corrected chi connectivity index (χ3v) is 5.90. The maximum absolute atomic E-state index is 12.5. The second-order valence-electron chi connectivity index (χ2n) is 5.84. The Morgan fingerprint density at radius 3 is 2.56 bits per heavy atom. The minimum Gasteiger partial charge on any atom is -0.323 e. The minimum absolute atomic E-state index is 0.239. The van der Waals surface area contributed by atoms with Gasteiger partial charge >= 0.3 is 0 Å². The van der Waals surface area contributed by atoms with E-state index >= 15 is 0 Å². The van der Waals surface area contributed by atoms with Gasteiger partial charge in [-0.1, -0.05) is 59.4 Å². The molecule has 1 aromatic carbocycles. The molecule has 1 aliphatic carbocycles. The molecule has 1 heterocycles. The molecule has 0 spiro atoms. The number of benzene rings is 1. The molecule has 10 heteroatoms. The zero-order valence-electron chi connectivity index (χ0n) is 13.4. The average Bonchev–Trinajstić information content (AvgIpc) is 3.21. The topological polar surface area (TPSA) is 72.7 Å². The molecule has 134 valence electrons. The number of aromatic nitrogens is 4. The summed E-state index contributed by atoms with van der Waals surface area (Å²) in [6.45, 7) is 1.78. The number of carbonyl (C=O) groups excluding carboxylic acids is 1. The molecule has 1 aromatic heterocycles. The van der Waals surface area contributed by atoms with Gasteiger partial charge < -0.3 is 5.32 Å². The number of hydrogen-bond donors (Lipinski definition) is 1. The third-order valence-electron chi connectivity index (χ3n) is 4.04. The molecule has 1 fully saturated rings. The number of hydrogen-bond acceptors (Lipinski definition) is 5. The van der Waals surface area contributed by atoms with Crippen LogP contribution >= 0.6 is 46.6 Å². The van der Waals surface area contributed by atoms with Crippen LogP contribution in [0.25, 0.3) is 0 Å². The Bertz CT molecular complexity index is 755. The third kappa shape index (κ3) is 4.39. The summed E-state index contributed by atoms with van der Waals surface area (Å²) in [6, 6.07) is 3.37. The van der Waals surface area contributed by atoms with E-state index in [1.54, 1.807) is 6.92 Å². The Hall–Kier alpha value is -1.02. The number of amides is 1. The van der Waals surface area contributed by atoms with Crippen LogP contribution in [-0.2, 0) is 4.79 Å². The highest BCUT2D eigenvalue weighted by atomic mass is 35.5. The minimum atomic E-state index is -0.422. The molecule has 6 nitrogen and oxygen atoms in total. The number of carbonyl (C=O) groups is 1. The van der Waals surface area contributed by atoms with Gasteiger partial charge in [-0.25, -0.2) is 4.68 Å². The fourth-order valence-electron chi connectivity index (χ4n) is 2.74. The van der Waals surface area contributed by atoms with Gasteiger partial charge in [0.15, 0.2) is 0 Å². The van der Waals surface area contributed by atoms with Gasteiger partial charge in [0.25, 0.3) is 0 Å². The standard InChI is InChI=1S/C15H16Cl3N5OS/c1-8(14(24)19-13-11(17)6-9(16)7-12(13)18)25-15-20-21-22-23(15)10-4-2-3-5-10/h6-8,10H,2-5H2,1H3,(H,19,24). The van der Waals surface area contributed by atoms with Gasteiger partial charge in [-0.2, -0.15) is 0 Å². The highest BCUT2D eigenvalue weighted by Gasteiger charge is 2.25. The van der Waals surface area contributed by atoms with Crippen LogP contribution in [0.15, 0.2) is 17.3 Å². The summed E-state index contributed by atoms with van der Waals surface area (Å²) in [5.74, 6) is -0.239. The number of nitrogens with zero attached hydrogens (tertiary/aromatic N) is 4. The molecule has 1 aliphatic rings. The number of nitrogens with one attached hydrogen (secondary N) is 1. The number of tetrazole rings is 1. The first-order valence-corrected chi connectivity index (χ1v) is 9.87. The van der Waals surface area contributed by atoms with Gasteiger partial charge in [-0.15, -0.1) is 5.10 Å².